The minimum absolute atomic E-state index is 0.0290. The lowest BCUT2D eigenvalue weighted by molar-refractivity contribution is -0.143. The molecule has 0 radical (unpaired) electrons. The Hall–Kier alpha value is -3.16. The highest BCUT2D eigenvalue weighted by Gasteiger charge is 2.37. The Morgan fingerprint density at radius 2 is 1.38 bits per heavy atom. The lowest BCUT2D eigenvalue weighted by Gasteiger charge is -2.23. The fraction of sp³-hybridized carbons (Fsp3) is 0.350. The van der Waals surface area contributed by atoms with E-state index in [1.54, 1.807) is 0 Å². The van der Waals surface area contributed by atoms with Crippen molar-refractivity contribution >= 4 is 27.3 Å². The maximum absolute atomic E-state index is 13.1. The third-order valence-corrected chi connectivity index (χ3v) is 6.47. The molecule has 0 saturated heterocycles. The number of ether oxygens (including phenoxy) is 2. The van der Waals surface area contributed by atoms with Crippen molar-refractivity contribution in [1.29, 1.82) is 0 Å². The van der Waals surface area contributed by atoms with Crippen LogP contribution in [0.4, 0.5) is 37.7 Å². The van der Waals surface area contributed by atoms with Gasteiger partial charge in [0.25, 0.3) is 5.91 Å². The first-order valence-corrected chi connectivity index (χ1v) is 11.0. The normalized spacial score (nSPS) is 12.3. The first kappa shape index (κ1) is 27.1. The third kappa shape index (κ3) is 5.85. The van der Waals surface area contributed by atoms with Gasteiger partial charge < -0.3 is 14.8 Å². The summed E-state index contributed by atoms with van der Waals surface area (Å²) in [6, 6.07) is 2.79. The molecule has 0 bridgehead atoms. The fourth-order valence-corrected chi connectivity index (χ4v) is 3.72. The van der Waals surface area contributed by atoms with Crippen molar-refractivity contribution in [3.8, 4) is 11.5 Å². The summed E-state index contributed by atoms with van der Waals surface area (Å²) in [6.07, 6.45) is -10.2. The number of halogens is 6. The molecule has 7 nitrogen and oxygen atoms in total. The van der Waals surface area contributed by atoms with Crippen molar-refractivity contribution in [3.05, 3.63) is 47.0 Å². The van der Waals surface area contributed by atoms with E-state index in [1.165, 1.54) is 21.1 Å². The summed E-state index contributed by atoms with van der Waals surface area (Å²) in [6.45, 7) is 1.34. The summed E-state index contributed by atoms with van der Waals surface area (Å²) in [5, 5.41) is 1.98. The second kappa shape index (κ2) is 9.60. The summed E-state index contributed by atoms with van der Waals surface area (Å²) in [5.41, 5.74) is -4.69. The van der Waals surface area contributed by atoms with Gasteiger partial charge in [-0.1, -0.05) is 0 Å². The summed E-state index contributed by atoms with van der Waals surface area (Å²) >= 11 is 0. The van der Waals surface area contributed by atoms with Crippen LogP contribution in [0.1, 0.15) is 28.4 Å². The number of hydrogen-bond acceptors (Lipinski definition) is 5. The molecule has 1 amide bonds. The molecular formula is C20H20F6N2O5S. The van der Waals surface area contributed by atoms with Crippen LogP contribution in [0.3, 0.4) is 0 Å². The van der Waals surface area contributed by atoms with Crippen LogP contribution in [0.2, 0.25) is 0 Å². The van der Waals surface area contributed by atoms with Crippen molar-refractivity contribution in [2.45, 2.75) is 19.3 Å². The first-order chi connectivity index (χ1) is 15.5. The zero-order valence-electron chi connectivity index (χ0n) is 18.3. The SMILES string of the molecule is CCS(=O)(=O)N(C)c1cc(OC)c(OC)cc1C(=O)Nc1cc(C(F)(F)F)cc(C(F)(F)F)c1. The summed E-state index contributed by atoms with van der Waals surface area (Å²) in [4.78, 5) is 13.0. The van der Waals surface area contributed by atoms with Crippen LogP contribution in [0.5, 0.6) is 11.5 Å². The van der Waals surface area contributed by atoms with Crippen LogP contribution in [0.15, 0.2) is 30.3 Å². The molecule has 14 heteroatoms. The highest BCUT2D eigenvalue weighted by atomic mass is 32.2. The molecule has 2 aromatic carbocycles. The number of rotatable bonds is 7. The molecule has 0 saturated carbocycles. The molecule has 0 unspecified atom stereocenters. The van der Waals surface area contributed by atoms with Gasteiger partial charge in [-0.2, -0.15) is 26.3 Å². The van der Waals surface area contributed by atoms with E-state index in [4.69, 9.17) is 9.47 Å². The molecule has 2 rings (SSSR count). The van der Waals surface area contributed by atoms with E-state index < -0.39 is 50.7 Å². The summed E-state index contributed by atoms with van der Waals surface area (Å²) in [7, 11) is -0.326. The van der Waals surface area contributed by atoms with E-state index in [0.717, 1.165) is 23.5 Å². The van der Waals surface area contributed by atoms with Crippen molar-refractivity contribution in [2.75, 3.05) is 36.6 Å². The zero-order valence-corrected chi connectivity index (χ0v) is 19.1. The molecule has 0 fully saturated rings. The van der Waals surface area contributed by atoms with Gasteiger partial charge in [-0.3, -0.25) is 9.10 Å². The van der Waals surface area contributed by atoms with Crippen molar-refractivity contribution < 1.29 is 49.0 Å². The molecule has 0 aliphatic carbocycles. The summed E-state index contributed by atoms with van der Waals surface area (Å²) < 4.78 is 114. The van der Waals surface area contributed by atoms with Crippen LogP contribution in [-0.2, 0) is 22.4 Å². The minimum atomic E-state index is -5.12. The lowest BCUT2D eigenvalue weighted by atomic mass is 10.1. The Kier molecular flexibility index (Phi) is 7.65. The maximum atomic E-state index is 13.1. The van der Waals surface area contributed by atoms with Gasteiger partial charge in [0.2, 0.25) is 10.0 Å². The van der Waals surface area contributed by atoms with E-state index in [0.29, 0.717) is 12.1 Å². The van der Waals surface area contributed by atoms with Gasteiger partial charge in [0, 0.05) is 18.8 Å². The van der Waals surface area contributed by atoms with Crippen LogP contribution in [-0.4, -0.2) is 41.3 Å². The second-order valence-corrected chi connectivity index (χ2v) is 9.13. The number of hydrogen-bond donors (Lipinski definition) is 1. The van der Waals surface area contributed by atoms with E-state index in [1.807, 2.05) is 5.32 Å². The number of anilines is 2. The molecule has 188 valence electrons. The highest BCUT2D eigenvalue weighted by molar-refractivity contribution is 7.92. The number of nitrogens with zero attached hydrogens (tertiary/aromatic N) is 1. The number of sulfonamides is 1. The van der Waals surface area contributed by atoms with Crippen molar-refractivity contribution in [1.82, 2.24) is 0 Å². The van der Waals surface area contributed by atoms with Crippen LogP contribution in [0, 0.1) is 0 Å². The van der Waals surface area contributed by atoms with E-state index in [9.17, 15) is 39.6 Å². The predicted octanol–water partition coefficient (Wildman–Crippen LogP) is 4.78. The molecule has 34 heavy (non-hydrogen) atoms. The summed E-state index contributed by atoms with van der Waals surface area (Å²) in [5.74, 6) is -1.53. The zero-order chi connectivity index (χ0) is 26.1. The lowest BCUT2D eigenvalue weighted by Crippen LogP contribution is -2.30. The quantitative estimate of drug-likeness (QED) is 0.538. The Balaban J connectivity index is 2.66. The first-order valence-electron chi connectivity index (χ1n) is 9.38. The molecular weight excluding hydrogens is 494 g/mol. The molecule has 0 atom stereocenters. The molecule has 0 aromatic heterocycles. The van der Waals surface area contributed by atoms with Gasteiger partial charge in [0.05, 0.1) is 42.4 Å². The third-order valence-electron chi connectivity index (χ3n) is 4.71. The van der Waals surface area contributed by atoms with Crippen LogP contribution < -0.4 is 19.1 Å². The van der Waals surface area contributed by atoms with Gasteiger partial charge in [-0.15, -0.1) is 0 Å². The second-order valence-electron chi connectivity index (χ2n) is 6.84. The van der Waals surface area contributed by atoms with Crippen LogP contribution in [0.25, 0.3) is 0 Å². The molecule has 0 aliphatic heterocycles. The highest BCUT2D eigenvalue weighted by Crippen LogP contribution is 2.39. The van der Waals surface area contributed by atoms with Crippen molar-refractivity contribution in [2.24, 2.45) is 0 Å². The van der Waals surface area contributed by atoms with Crippen LogP contribution >= 0.6 is 0 Å². The molecule has 1 N–H and O–H groups in total. The monoisotopic (exact) mass is 514 g/mol. The number of amides is 1. The maximum Gasteiger partial charge on any atom is 0.416 e. The number of nitrogens with one attached hydrogen (secondary N) is 1. The van der Waals surface area contributed by atoms with Gasteiger partial charge in [-0.05, 0) is 31.2 Å². The fourth-order valence-electron chi connectivity index (χ4n) is 2.88. The predicted molar refractivity (Wildman–Crippen MR) is 112 cm³/mol. The largest absolute Gasteiger partial charge is 0.493 e. The Labute approximate surface area is 191 Å². The standard InChI is InChI=1S/C20H20F6N2O5S/c1-5-34(30,31)28(2)15-10-17(33-4)16(32-3)9-14(15)18(29)27-13-7-11(19(21,22)23)6-12(8-13)20(24,25)26/h6-10H,5H2,1-4H3,(H,27,29). The Bertz CT molecular complexity index is 1150. The van der Waals surface area contributed by atoms with Gasteiger partial charge in [0.1, 0.15) is 0 Å². The van der Waals surface area contributed by atoms with Crippen molar-refractivity contribution in [3.63, 3.8) is 0 Å². The van der Waals surface area contributed by atoms with Gasteiger partial charge >= 0.3 is 12.4 Å². The average molecular weight is 514 g/mol. The van der Waals surface area contributed by atoms with Gasteiger partial charge in [0.15, 0.2) is 11.5 Å². The molecule has 0 heterocycles. The van der Waals surface area contributed by atoms with E-state index in [2.05, 4.69) is 0 Å². The Morgan fingerprint density at radius 1 is 0.912 bits per heavy atom. The number of carbonyl (C=O) groups is 1. The van der Waals surface area contributed by atoms with E-state index in [-0.39, 0.29) is 29.0 Å². The number of methoxy groups -OCH3 is 2. The van der Waals surface area contributed by atoms with Gasteiger partial charge in [-0.25, -0.2) is 8.42 Å². The Morgan fingerprint density at radius 3 is 1.79 bits per heavy atom. The number of benzene rings is 2. The topological polar surface area (TPSA) is 84.9 Å². The molecule has 0 aliphatic rings. The minimum Gasteiger partial charge on any atom is -0.493 e. The number of carbonyl (C=O) groups excluding carboxylic acids is 1. The smallest absolute Gasteiger partial charge is 0.416 e. The number of alkyl halides is 6. The van der Waals surface area contributed by atoms with E-state index >= 15 is 0 Å². The molecule has 2 aromatic rings. The molecule has 0 spiro atoms. The average Bonchev–Trinajstić information content (AvgIpc) is 2.76.